The van der Waals surface area contributed by atoms with Crippen molar-refractivity contribution in [2.45, 2.75) is 64.0 Å². The van der Waals surface area contributed by atoms with Gasteiger partial charge in [0.15, 0.2) is 0 Å². The largest absolute Gasteiger partial charge is 0.497 e. The maximum Gasteiger partial charge on any atom is 0.0249 e. The number of nitrogens with zero attached hydrogens (tertiary/aromatic N) is 1. The fourth-order valence-corrected chi connectivity index (χ4v) is 3.42. The molecule has 1 saturated heterocycles. The molecular formula is C15H27N2Y-. The van der Waals surface area contributed by atoms with Gasteiger partial charge in [-0.25, -0.2) is 0 Å². The van der Waals surface area contributed by atoms with Crippen LogP contribution >= 0.6 is 0 Å². The van der Waals surface area contributed by atoms with E-state index in [-0.39, 0.29) is 32.7 Å². The molecule has 101 valence electrons. The summed E-state index contributed by atoms with van der Waals surface area (Å²) in [6.45, 7) is 12.8. The Bertz CT molecular complexity index is 251. The van der Waals surface area contributed by atoms with Gasteiger partial charge in [0.05, 0.1) is 0 Å². The Kier molecular flexibility index (Phi) is 6.85. The fraction of sp³-hybridized carbons (Fsp3) is 0.867. The molecule has 2 rings (SSSR count). The minimum Gasteiger partial charge on any atom is -0.497 e. The predicted octanol–water partition coefficient (Wildman–Crippen LogP) is 2.95. The second-order valence-corrected chi connectivity index (χ2v) is 6.27. The van der Waals surface area contributed by atoms with E-state index in [1.807, 2.05) is 0 Å². The summed E-state index contributed by atoms with van der Waals surface area (Å²) in [6, 6.07) is 0.599. The third kappa shape index (κ3) is 4.05. The molecule has 2 nitrogen and oxygen atoms in total. The molecule has 0 unspecified atom stereocenters. The van der Waals surface area contributed by atoms with Crippen LogP contribution < -0.4 is 5.32 Å². The van der Waals surface area contributed by atoms with Crippen LogP contribution in [0.25, 0.3) is 0 Å². The van der Waals surface area contributed by atoms with Crippen LogP contribution in [0.4, 0.5) is 0 Å². The average Bonchev–Trinajstić information content (AvgIpc) is 2.35. The van der Waals surface area contributed by atoms with Gasteiger partial charge in [-0.05, 0) is 51.4 Å². The first kappa shape index (κ1) is 16.7. The maximum absolute atomic E-state index is 5.43. The molecule has 2 fully saturated rings. The van der Waals surface area contributed by atoms with Crippen LogP contribution in [0, 0.1) is 12.5 Å². The van der Waals surface area contributed by atoms with Crippen molar-refractivity contribution in [2.24, 2.45) is 5.92 Å². The van der Waals surface area contributed by atoms with E-state index < -0.39 is 0 Å². The molecule has 1 aliphatic carbocycles. The summed E-state index contributed by atoms with van der Waals surface area (Å²) in [5.41, 5.74) is 0.476. The van der Waals surface area contributed by atoms with Gasteiger partial charge in [0.2, 0.25) is 0 Å². The summed E-state index contributed by atoms with van der Waals surface area (Å²) in [6.07, 6.45) is 9.66. The zero-order valence-electron chi connectivity index (χ0n) is 12.0. The van der Waals surface area contributed by atoms with Crippen LogP contribution in [0.2, 0.25) is 0 Å². The standard InChI is InChI=1S/C15H27N2.Y/c1-4-16-14-7-11-17(12-8-14)15(3)9-5-13(2)6-10-15;/h1,4,13-14,16H,5-12H2,2-3H3;/q-1;. The van der Waals surface area contributed by atoms with E-state index in [0.717, 1.165) is 5.92 Å². The molecule has 0 spiro atoms. The van der Waals surface area contributed by atoms with Crippen LogP contribution in [-0.2, 0) is 32.7 Å². The Morgan fingerprint density at radius 3 is 2.22 bits per heavy atom. The molecule has 0 aromatic rings. The van der Waals surface area contributed by atoms with Gasteiger partial charge in [0.1, 0.15) is 0 Å². The normalized spacial score (nSPS) is 34.7. The fourth-order valence-electron chi connectivity index (χ4n) is 3.42. The minimum atomic E-state index is 0. The molecular weight excluding hydrogens is 297 g/mol. The third-order valence-corrected chi connectivity index (χ3v) is 4.94. The molecule has 3 heteroatoms. The quantitative estimate of drug-likeness (QED) is 0.803. The minimum absolute atomic E-state index is 0. The van der Waals surface area contributed by atoms with Gasteiger partial charge in [-0.15, -0.1) is 0 Å². The molecule has 1 heterocycles. The third-order valence-electron chi connectivity index (χ3n) is 4.94. The molecule has 0 amide bonds. The first-order valence-corrected chi connectivity index (χ1v) is 7.18. The van der Waals surface area contributed by atoms with Crippen LogP contribution in [0.3, 0.4) is 0 Å². The topological polar surface area (TPSA) is 15.3 Å². The molecule has 0 aromatic carbocycles. The van der Waals surface area contributed by atoms with E-state index in [0.29, 0.717) is 11.6 Å². The van der Waals surface area contributed by atoms with Crippen molar-refractivity contribution in [2.75, 3.05) is 13.1 Å². The summed E-state index contributed by atoms with van der Waals surface area (Å²) >= 11 is 0. The number of rotatable bonds is 3. The average molecular weight is 324 g/mol. The van der Waals surface area contributed by atoms with Gasteiger partial charge < -0.3 is 11.9 Å². The molecule has 0 bridgehead atoms. The first-order chi connectivity index (χ1) is 8.14. The van der Waals surface area contributed by atoms with Crippen molar-refractivity contribution >= 4 is 0 Å². The number of likely N-dealkylation sites (tertiary alicyclic amines) is 1. The van der Waals surface area contributed by atoms with Gasteiger partial charge in [0, 0.05) is 57.4 Å². The summed E-state index contributed by atoms with van der Waals surface area (Å²) in [5.74, 6) is 0.939. The molecule has 18 heavy (non-hydrogen) atoms. The van der Waals surface area contributed by atoms with Crippen LogP contribution in [-0.4, -0.2) is 29.6 Å². The molecule has 0 atom stereocenters. The van der Waals surface area contributed by atoms with E-state index in [4.69, 9.17) is 6.58 Å². The van der Waals surface area contributed by atoms with Crippen molar-refractivity contribution in [1.29, 1.82) is 0 Å². The van der Waals surface area contributed by atoms with E-state index in [1.54, 1.807) is 6.20 Å². The van der Waals surface area contributed by atoms with Crippen LogP contribution in [0.5, 0.6) is 0 Å². The van der Waals surface area contributed by atoms with E-state index in [1.165, 1.54) is 51.6 Å². The predicted molar refractivity (Wildman–Crippen MR) is 72.6 cm³/mol. The zero-order chi connectivity index (χ0) is 12.3. The number of hydrogen-bond acceptors (Lipinski definition) is 2. The van der Waals surface area contributed by atoms with Gasteiger partial charge >= 0.3 is 0 Å². The Morgan fingerprint density at radius 1 is 1.17 bits per heavy atom. The Labute approximate surface area is 138 Å². The Balaban J connectivity index is 0.00000162. The van der Waals surface area contributed by atoms with Gasteiger partial charge in [-0.2, -0.15) is 6.20 Å². The van der Waals surface area contributed by atoms with Crippen LogP contribution in [0.1, 0.15) is 52.4 Å². The van der Waals surface area contributed by atoms with Crippen molar-refractivity contribution in [3.05, 3.63) is 12.8 Å². The Hall–Kier alpha value is 0.604. The first-order valence-electron chi connectivity index (χ1n) is 7.18. The second kappa shape index (κ2) is 7.40. The van der Waals surface area contributed by atoms with Gasteiger partial charge in [0.25, 0.3) is 0 Å². The summed E-state index contributed by atoms with van der Waals surface area (Å²) in [5, 5.41) is 3.25. The van der Waals surface area contributed by atoms with Crippen molar-refractivity contribution in [1.82, 2.24) is 10.2 Å². The molecule has 1 aliphatic heterocycles. The molecule has 1 radical (unpaired) electrons. The van der Waals surface area contributed by atoms with E-state index in [9.17, 15) is 0 Å². The summed E-state index contributed by atoms with van der Waals surface area (Å²) in [4.78, 5) is 2.73. The van der Waals surface area contributed by atoms with E-state index >= 15 is 0 Å². The monoisotopic (exact) mass is 324 g/mol. The van der Waals surface area contributed by atoms with Gasteiger partial charge in [-0.3, -0.25) is 4.90 Å². The number of piperidine rings is 1. The van der Waals surface area contributed by atoms with Crippen molar-refractivity contribution in [3.8, 4) is 0 Å². The van der Waals surface area contributed by atoms with Crippen LogP contribution in [0.15, 0.2) is 6.20 Å². The smallest absolute Gasteiger partial charge is 0.0249 e. The maximum atomic E-state index is 5.43. The number of nitrogens with one attached hydrogen (secondary N) is 1. The van der Waals surface area contributed by atoms with Crippen molar-refractivity contribution in [3.63, 3.8) is 0 Å². The Morgan fingerprint density at radius 2 is 1.72 bits per heavy atom. The molecule has 2 aliphatic rings. The van der Waals surface area contributed by atoms with Crippen molar-refractivity contribution < 1.29 is 32.7 Å². The summed E-state index contributed by atoms with van der Waals surface area (Å²) in [7, 11) is 0. The zero-order valence-corrected chi connectivity index (χ0v) is 14.8. The summed E-state index contributed by atoms with van der Waals surface area (Å²) < 4.78 is 0. The van der Waals surface area contributed by atoms with E-state index in [2.05, 4.69) is 24.1 Å². The SMILES string of the molecule is [CH-]=CNC1CCN(C2(C)CCC(C)CC2)CC1.[Y]. The molecule has 0 aromatic heterocycles. The molecule has 1 N–H and O–H groups in total. The van der Waals surface area contributed by atoms with Gasteiger partial charge in [-0.1, -0.05) is 6.92 Å². The number of hydrogen-bond donors (Lipinski definition) is 1. The molecule has 1 saturated carbocycles. The second-order valence-electron chi connectivity index (χ2n) is 6.27.